The summed E-state index contributed by atoms with van der Waals surface area (Å²) in [6, 6.07) is 3.94. The summed E-state index contributed by atoms with van der Waals surface area (Å²) in [5.74, 6) is 1.06. The van der Waals surface area contributed by atoms with Gasteiger partial charge >= 0.3 is 0 Å². The molecule has 10 heavy (non-hydrogen) atoms. The van der Waals surface area contributed by atoms with E-state index in [1.54, 1.807) is 29.8 Å². The average molecular weight is 174 g/mol. The van der Waals surface area contributed by atoms with Gasteiger partial charge in [0.1, 0.15) is 10.3 Å². The molecule has 0 aliphatic heterocycles. The Hall–Kier alpha value is -0.0200. The minimum Gasteiger partial charge on any atom is -0.467 e. The Morgan fingerprint density at radius 2 is 2.10 bits per heavy atom. The van der Waals surface area contributed by atoms with Crippen LogP contribution in [0.3, 0.4) is 0 Å². The van der Waals surface area contributed by atoms with E-state index >= 15 is 0 Å². The van der Waals surface area contributed by atoms with Crippen LogP contribution in [0.4, 0.5) is 0 Å². The molecule has 0 saturated carbocycles. The minimum absolute atomic E-state index is 0.454. The second-order valence-corrected chi connectivity index (χ2v) is 4.00. The Morgan fingerprint density at radius 1 is 1.40 bits per heavy atom. The largest absolute Gasteiger partial charge is 0.467 e. The quantitative estimate of drug-likeness (QED) is 0.654. The SMILES string of the molecule is CSC(SC)c1ccco1. The lowest BCUT2D eigenvalue weighted by Gasteiger charge is -2.05. The first-order valence-electron chi connectivity index (χ1n) is 2.97. The Labute approximate surface area is 69.6 Å². The van der Waals surface area contributed by atoms with Crippen LogP contribution in [0.1, 0.15) is 10.3 Å². The zero-order valence-electron chi connectivity index (χ0n) is 6.03. The highest BCUT2D eigenvalue weighted by Gasteiger charge is 2.09. The van der Waals surface area contributed by atoms with Crippen LogP contribution in [-0.4, -0.2) is 12.5 Å². The molecular formula is C7H10OS2. The van der Waals surface area contributed by atoms with Crippen molar-refractivity contribution in [1.29, 1.82) is 0 Å². The van der Waals surface area contributed by atoms with Gasteiger partial charge in [0, 0.05) is 0 Å². The zero-order valence-corrected chi connectivity index (χ0v) is 7.67. The third kappa shape index (κ3) is 1.73. The van der Waals surface area contributed by atoms with E-state index in [0.29, 0.717) is 4.58 Å². The molecule has 0 bridgehead atoms. The minimum atomic E-state index is 0.454. The van der Waals surface area contributed by atoms with E-state index in [4.69, 9.17) is 4.42 Å². The summed E-state index contributed by atoms with van der Waals surface area (Å²) in [7, 11) is 0. The molecule has 0 saturated heterocycles. The van der Waals surface area contributed by atoms with Crippen LogP contribution in [0.25, 0.3) is 0 Å². The van der Waals surface area contributed by atoms with Gasteiger partial charge in [0.2, 0.25) is 0 Å². The maximum absolute atomic E-state index is 5.24. The fraction of sp³-hybridized carbons (Fsp3) is 0.429. The highest BCUT2D eigenvalue weighted by molar-refractivity contribution is 8.15. The molecule has 0 aliphatic rings. The van der Waals surface area contributed by atoms with E-state index < -0.39 is 0 Å². The molecule has 0 N–H and O–H groups in total. The molecule has 1 nitrogen and oxygen atoms in total. The predicted molar refractivity (Wildman–Crippen MR) is 48.5 cm³/mol. The molecule has 0 atom stereocenters. The van der Waals surface area contributed by atoms with Gasteiger partial charge in [-0.05, 0) is 24.6 Å². The Kier molecular flexibility index (Phi) is 3.22. The predicted octanol–water partition coefficient (Wildman–Crippen LogP) is 3.00. The molecule has 1 aromatic rings. The molecule has 0 spiro atoms. The van der Waals surface area contributed by atoms with Crippen LogP contribution in [-0.2, 0) is 0 Å². The smallest absolute Gasteiger partial charge is 0.126 e. The maximum atomic E-state index is 5.24. The van der Waals surface area contributed by atoms with Gasteiger partial charge in [0.25, 0.3) is 0 Å². The van der Waals surface area contributed by atoms with Crippen LogP contribution >= 0.6 is 23.5 Å². The van der Waals surface area contributed by atoms with Crippen molar-refractivity contribution in [3.05, 3.63) is 24.2 Å². The Balaban J connectivity index is 2.64. The lowest BCUT2D eigenvalue weighted by atomic mass is 10.5. The Morgan fingerprint density at radius 3 is 2.50 bits per heavy atom. The average Bonchev–Trinajstić information content (AvgIpc) is 2.43. The number of rotatable bonds is 3. The van der Waals surface area contributed by atoms with E-state index in [1.165, 1.54) is 0 Å². The number of hydrogen-bond acceptors (Lipinski definition) is 3. The summed E-state index contributed by atoms with van der Waals surface area (Å²) < 4.78 is 5.69. The lowest BCUT2D eigenvalue weighted by Crippen LogP contribution is -1.81. The third-order valence-corrected chi connectivity index (χ3v) is 3.68. The van der Waals surface area contributed by atoms with E-state index in [2.05, 4.69) is 12.5 Å². The van der Waals surface area contributed by atoms with Gasteiger partial charge < -0.3 is 4.42 Å². The highest BCUT2D eigenvalue weighted by atomic mass is 32.2. The molecule has 3 heteroatoms. The van der Waals surface area contributed by atoms with Crippen LogP contribution in [0.15, 0.2) is 22.8 Å². The van der Waals surface area contributed by atoms with Crippen molar-refractivity contribution in [2.45, 2.75) is 4.58 Å². The van der Waals surface area contributed by atoms with E-state index in [-0.39, 0.29) is 0 Å². The van der Waals surface area contributed by atoms with E-state index in [1.807, 2.05) is 12.1 Å². The first-order valence-corrected chi connectivity index (χ1v) is 5.55. The fourth-order valence-electron chi connectivity index (χ4n) is 0.754. The molecule has 1 heterocycles. The monoisotopic (exact) mass is 174 g/mol. The summed E-state index contributed by atoms with van der Waals surface area (Å²) in [6.45, 7) is 0. The first-order chi connectivity index (χ1) is 4.88. The topological polar surface area (TPSA) is 13.1 Å². The van der Waals surface area contributed by atoms with Gasteiger partial charge in [-0.25, -0.2) is 0 Å². The third-order valence-electron chi connectivity index (χ3n) is 1.20. The van der Waals surface area contributed by atoms with Crippen LogP contribution in [0.2, 0.25) is 0 Å². The first kappa shape index (κ1) is 8.08. The summed E-state index contributed by atoms with van der Waals surface area (Å²) >= 11 is 3.59. The van der Waals surface area contributed by atoms with Gasteiger partial charge in [-0.3, -0.25) is 0 Å². The van der Waals surface area contributed by atoms with Crippen molar-refractivity contribution in [3.63, 3.8) is 0 Å². The summed E-state index contributed by atoms with van der Waals surface area (Å²) in [5.41, 5.74) is 0. The summed E-state index contributed by atoms with van der Waals surface area (Å²) in [4.78, 5) is 0. The normalized spacial score (nSPS) is 10.7. The maximum Gasteiger partial charge on any atom is 0.126 e. The summed E-state index contributed by atoms with van der Waals surface area (Å²) in [6.07, 6.45) is 5.89. The molecule has 56 valence electrons. The van der Waals surface area contributed by atoms with Gasteiger partial charge in [0.15, 0.2) is 0 Å². The number of thioether (sulfide) groups is 2. The molecule has 0 amide bonds. The fourth-order valence-corrected chi connectivity index (χ4v) is 2.26. The standard InChI is InChI=1S/C7H10OS2/c1-9-7(10-2)6-4-3-5-8-6/h3-5,7H,1-2H3. The van der Waals surface area contributed by atoms with Crippen molar-refractivity contribution in [1.82, 2.24) is 0 Å². The van der Waals surface area contributed by atoms with Crippen LogP contribution in [0, 0.1) is 0 Å². The van der Waals surface area contributed by atoms with Crippen LogP contribution in [0.5, 0.6) is 0 Å². The van der Waals surface area contributed by atoms with Gasteiger partial charge in [-0.15, -0.1) is 23.5 Å². The zero-order chi connectivity index (χ0) is 7.40. The van der Waals surface area contributed by atoms with E-state index in [9.17, 15) is 0 Å². The second-order valence-electron chi connectivity index (χ2n) is 1.82. The molecule has 1 aromatic heterocycles. The van der Waals surface area contributed by atoms with Crippen molar-refractivity contribution < 1.29 is 4.42 Å². The molecule has 0 fully saturated rings. The molecule has 0 radical (unpaired) electrons. The number of hydrogen-bond donors (Lipinski definition) is 0. The number of furan rings is 1. The van der Waals surface area contributed by atoms with Gasteiger partial charge in [0.05, 0.1) is 6.26 Å². The highest BCUT2D eigenvalue weighted by Crippen LogP contribution is 2.35. The van der Waals surface area contributed by atoms with Crippen molar-refractivity contribution in [3.8, 4) is 0 Å². The van der Waals surface area contributed by atoms with Crippen molar-refractivity contribution in [2.75, 3.05) is 12.5 Å². The molecule has 1 rings (SSSR count). The van der Waals surface area contributed by atoms with Crippen molar-refractivity contribution >= 4 is 23.5 Å². The van der Waals surface area contributed by atoms with E-state index in [0.717, 1.165) is 5.76 Å². The van der Waals surface area contributed by atoms with Gasteiger partial charge in [-0.2, -0.15) is 0 Å². The summed E-state index contributed by atoms with van der Waals surface area (Å²) in [5, 5.41) is 0. The Bertz CT molecular complexity index is 168. The van der Waals surface area contributed by atoms with Crippen LogP contribution < -0.4 is 0 Å². The molecule has 0 aliphatic carbocycles. The lowest BCUT2D eigenvalue weighted by molar-refractivity contribution is 0.528. The second kappa shape index (κ2) is 3.98. The van der Waals surface area contributed by atoms with Crippen molar-refractivity contribution in [2.24, 2.45) is 0 Å². The molecular weight excluding hydrogens is 164 g/mol. The van der Waals surface area contributed by atoms with Gasteiger partial charge in [-0.1, -0.05) is 0 Å². The molecule has 0 unspecified atom stereocenters. The molecule has 0 aromatic carbocycles.